The molecule has 7 heteroatoms. The molecule has 0 N–H and O–H groups in total. The van der Waals surface area contributed by atoms with Crippen LogP contribution in [0.4, 0.5) is 26.3 Å². The fourth-order valence-corrected chi connectivity index (χ4v) is 1.22. The summed E-state index contributed by atoms with van der Waals surface area (Å²) >= 11 is 0. The van der Waals surface area contributed by atoms with Gasteiger partial charge in [0.2, 0.25) is 0 Å². The molecule has 0 saturated heterocycles. The van der Waals surface area contributed by atoms with Crippen molar-refractivity contribution in [1.82, 2.24) is 0 Å². The topological polar surface area (TPSA) is 0 Å². The van der Waals surface area contributed by atoms with Crippen molar-refractivity contribution in [3.63, 3.8) is 0 Å². The first-order valence-electron chi connectivity index (χ1n) is 4.94. The van der Waals surface area contributed by atoms with Crippen LogP contribution in [0.2, 0.25) is 0 Å². The molecular formula is C12H8F6Zr. The second-order valence-electron chi connectivity index (χ2n) is 3.68. The maximum atomic E-state index is 12.1. The van der Waals surface area contributed by atoms with E-state index in [0.29, 0.717) is 0 Å². The van der Waals surface area contributed by atoms with Crippen LogP contribution >= 0.6 is 0 Å². The van der Waals surface area contributed by atoms with Gasteiger partial charge in [0, 0.05) is 23.3 Å². The molecule has 0 spiro atoms. The van der Waals surface area contributed by atoms with E-state index in [1.54, 1.807) is 0 Å². The van der Waals surface area contributed by atoms with Crippen LogP contribution in [0.3, 0.4) is 0 Å². The summed E-state index contributed by atoms with van der Waals surface area (Å²) in [5, 5.41) is 0. The molecule has 0 bridgehead atoms. The number of allylic oxidation sites excluding steroid dienone is 8. The summed E-state index contributed by atoms with van der Waals surface area (Å²) < 4.78 is 72.2. The zero-order valence-corrected chi connectivity index (χ0v) is 12.4. The summed E-state index contributed by atoms with van der Waals surface area (Å²) in [4.78, 5) is 0. The molecule has 0 aromatic rings. The number of rotatable bonds is 0. The van der Waals surface area contributed by atoms with E-state index >= 15 is 0 Å². The molecule has 19 heavy (non-hydrogen) atoms. The van der Waals surface area contributed by atoms with E-state index < -0.39 is 46.8 Å². The molecule has 0 aromatic carbocycles. The number of hydrogen-bond acceptors (Lipinski definition) is 0. The minimum absolute atomic E-state index is 0. The van der Waals surface area contributed by atoms with Crippen LogP contribution in [0, 0.1) is 24.0 Å². The Hall–Kier alpha value is -0.577. The first-order chi connectivity index (χ1) is 8.25. The van der Waals surface area contributed by atoms with Crippen molar-refractivity contribution in [1.29, 1.82) is 0 Å². The smallest absolute Gasteiger partial charge is 0.315 e. The van der Waals surface area contributed by atoms with Crippen molar-refractivity contribution in [2.45, 2.75) is 13.8 Å². The van der Waals surface area contributed by atoms with Crippen LogP contribution in [0.25, 0.3) is 0 Å². The van der Waals surface area contributed by atoms with E-state index in [9.17, 15) is 26.3 Å². The third-order valence-electron chi connectivity index (χ3n) is 2.25. The van der Waals surface area contributed by atoms with Crippen LogP contribution in [-0.4, -0.2) is 0 Å². The van der Waals surface area contributed by atoms with Gasteiger partial charge >= 0.3 is 26.2 Å². The monoisotopic (exact) mass is 356 g/mol. The molecule has 0 saturated carbocycles. The van der Waals surface area contributed by atoms with E-state index in [4.69, 9.17) is 0 Å². The predicted molar refractivity (Wildman–Crippen MR) is 52.5 cm³/mol. The van der Waals surface area contributed by atoms with Gasteiger partial charge in [0.05, 0.1) is 0 Å². The van der Waals surface area contributed by atoms with Gasteiger partial charge in [0.1, 0.15) is 0 Å². The van der Waals surface area contributed by atoms with E-state index in [1.165, 1.54) is 13.8 Å². The van der Waals surface area contributed by atoms with E-state index in [0.717, 1.165) is 0 Å². The Morgan fingerprint density at radius 2 is 0.947 bits per heavy atom. The summed E-state index contributed by atoms with van der Waals surface area (Å²) in [5.74, 6) is -9.06. The summed E-state index contributed by atoms with van der Waals surface area (Å²) in [5.41, 5.74) is 0. The first kappa shape index (κ1) is 18.4. The Bertz CT molecular complexity index is 431. The van der Waals surface area contributed by atoms with Crippen LogP contribution in [-0.2, 0) is 26.2 Å². The van der Waals surface area contributed by atoms with Gasteiger partial charge in [-0.15, -0.1) is 0 Å². The zero-order valence-electron chi connectivity index (χ0n) is 9.92. The van der Waals surface area contributed by atoms with Crippen molar-refractivity contribution >= 4 is 0 Å². The van der Waals surface area contributed by atoms with E-state index in [-0.39, 0.29) is 26.2 Å². The summed E-state index contributed by atoms with van der Waals surface area (Å²) in [7, 11) is 0. The van der Waals surface area contributed by atoms with Gasteiger partial charge in [0.25, 0.3) is 0 Å². The summed E-state index contributed by atoms with van der Waals surface area (Å²) in [6.07, 6.45) is 3.88. The summed E-state index contributed by atoms with van der Waals surface area (Å²) in [6.45, 7) is 2.67. The third kappa shape index (κ3) is 4.20. The Balaban J connectivity index is 0.000000324. The van der Waals surface area contributed by atoms with Crippen molar-refractivity contribution < 1.29 is 52.5 Å². The van der Waals surface area contributed by atoms with Gasteiger partial charge in [-0.3, -0.25) is 0 Å². The predicted octanol–water partition coefficient (Wildman–Crippen LogP) is 4.88. The molecule has 2 aliphatic carbocycles. The molecule has 0 radical (unpaired) electrons. The van der Waals surface area contributed by atoms with Crippen molar-refractivity contribution in [2.24, 2.45) is 11.8 Å². The molecule has 0 heterocycles. The van der Waals surface area contributed by atoms with Crippen LogP contribution in [0.5, 0.6) is 0 Å². The third-order valence-corrected chi connectivity index (χ3v) is 2.25. The second kappa shape index (κ2) is 7.27. The van der Waals surface area contributed by atoms with E-state index in [1.807, 2.05) is 12.2 Å². The zero-order chi connectivity index (χ0) is 14.0. The molecule has 2 rings (SSSR count). The molecule has 0 aromatic heterocycles. The number of hydrogen-bond donors (Lipinski definition) is 0. The standard InChI is InChI=1S/2C6H4F3.Zr/c2*1-3-2-4(7)6(9)5(3)8;/h2*3H,1H3;/q2*-1;+2. The number of halogens is 6. The van der Waals surface area contributed by atoms with Gasteiger partial charge in [-0.1, -0.05) is 25.7 Å². The molecule has 2 aliphatic rings. The quantitative estimate of drug-likeness (QED) is 0.428. The molecule has 0 nitrogen and oxygen atoms in total. The van der Waals surface area contributed by atoms with Crippen LogP contribution in [0.1, 0.15) is 13.8 Å². The normalized spacial score (nSPS) is 25.7. The Kier molecular flexibility index (Phi) is 7.05. The van der Waals surface area contributed by atoms with Crippen LogP contribution in [0.15, 0.2) is 35.0 Å². The minimum atomic E-state index is -1.40. The van der Waals surface area contributed by atoms with Gasteiger partial charge in [-0.05, 0) is 11.7 Å². The minimum Gasteiger partial charge on any atom is -0.315 e. The van der Waals surface area contributed by atoms with Gasteiger partial charge in [-0.25, -0.2) is 29.7 Å². The Morgan fingerprint density at radius 3 is 1.00 bits per heavy atom. The first-order valence-corrected chi connectivity index (χ1v) is 4.94. The SMILES string of the molecule is CC1[C-]=C(F)C(F)=C1F.CC1[C-]=C(F)C(F)=C1F.[Zr+2]. The Labute approximate surface area is 125 Å². The molecule has 2 unspecified atom stereocenters. The average Bonchev–Trinajstić information content (AvgIpc) is 2.66. The molecule has 102 valence electrons. The second-order valence-corrected chi connectivity index (χ2v) is 3.68. The molecular weight excluding hydrogens is 349 g/mol. The fraction of sp³-hybridized carbons (Fsp3) is 0.333. The average molecular weight is 357 g/mol. The maximum absolute atomic E-state index is 12.1. The van der Waals surface area contributed by atoms with Gasteiger partial charge < -0.3 is 8.78 Å². The van der Waals surface area contributed by atoms with Crippen LogP contribution < -0.4 is 0 Å². The van der Waals surface area contributed by atoms with Gasteiger partial charge in [0.15, 0.2) is 0 Å². The van der Waals surface area contributed by atoms with E-state index in [2.05, 4.69) is 0 Å². The summed E-state index contributed by atoms with van der Waals surface area (Å²) in [6, 6.07) is 0. The van der Waals surface area contributed by atoms with Crippen molar-refractivity contribution in [3.05, 3.63) is 47.1 Å². The van der Waals surface area contributed by atoms with Crippen molar-refractivity contribution in [2.75, 3.05) is 0 Å². The van der Waals surface area contributed by atoms with Crippen molar-refractivity contribution in [3.8, 4) is 0 Å². The molecule has 0 fully saturated rings. The molecule has 0 amide bonds. The molecule has 2 atom stereocenters. The molecule has 0 aliphatic heterocycles. The largest absolute Gasteiger partial charge is 2.00 e. The maximum Gasteiger partial charge on any atom is 2.00 e. The Morgan fingerprint density at radius 1 is 0.684 bits per heavy atom. The van der Waals surface area contributed by atoms with Gasteiger partial charge in [-0.2, -0.15) is 0 Å². The fourth-order valence-electron chi connectivity index (χ4n) is 1.22.